The van der Waals surface area contributed by atoms with Gasteiger partial charge in [-0.25, -0.2) is 0 Å². The fourth-order valence-corrected chi connectivity index (χ4v) is 0.423. The standard InChI is InChI=1S/C4H2O2.C4H8O2/c5-3-1-2-4(3)6;1-3-6-4(2)5/h1-2H;3H2,1-2H3. The van der Waals surface area contributed by atoms with Crippen molar-refractivity contribution in [3.63, 3.8) is 0 Å². The van der Waals surface area contributed by atoms with Crippen molar-refractivity contribution in [2.24, 2.45) is 0 Å². The Morgan fingerprint density at radius 3 is 1.75 bits per heavy atom. The zero-order valence-corrected chi connectivity index (χ0v) is 6.99. The van der Waals surface area contributed by atoms with E-state index in [1.165, 1.54) is 19.1 Å². The number of carbonyl (C=O) groups excluding carboxylic acids is 1. The summed E-state index contributed by atoms with van der Waals surface area (Å²) in [5, 5.41) is 0. The lowest BCUT2D eigenvalue weighted by molar-refractivity contribution is -0.140. The van der Waals surface area contributed by atoms with Crippen LogP contribution in [0.2, 0.25) is 0 Å². The third-order valence-electron chi connectivity index (χ3n) is 0.977. The van der Waals surface area contributed by atoms with Gasteiger partial charge in [0.15, 0.2) is 0 Å². The molecule has 0 saturated heterocycles. The second-order valence-corrected chi connectivity index (χ2v) is 1.99. The molecule has 0 aliphatic carbocycles. The Morgan fingerprint density at radius 1 is 1.33 bits per heavy atom. The first-order chi connectivity index (χ1) is 5.57. The maximum atomic E-state index is 9.82. The van der Waals surface area contributed by atoms with Crippen LogP contribution in [0.5, 0.6) is 0 Å². The summed E-state index contributed by atoms with van der Waals surface area (Å²) >= 11 is 0. The van der Waals surface area contributed by atoms with Gasteiger partial charge in [0.2, 0.25) is 10.9 Å². The van der Waals surface area contributed by atoms with Crippen molar-refractivity contribution >= 4 is 5.97 Å². The molecule has 4 nitrogen and oxygen atoms in total. The number of rotatable bonds is 1. The summed E-state index contributed by atoms with van der Waals surface area (Å²) in [6, 6.07) is 2.50. The molecule has 0 aliphatic heterocycles. The average Bonchev–Trinajstić information content (AvgIpc) is 2.02. The van der Waals surface area contributed by atoms with Crippen LogP contribution in [-0.2, 0) is 9.53 Å². The molecule has 0 atom stereocenters. The van der Waals surface area contributed by atoms with Crippen molar-refractivity contribution in [1.29, 1.82) is 0 Å². The molecule has 66 valence electrons. The van der Waals surface area contributed by atoms with Crippen LogP contribution in [0.1, 0.15) is 13.8 Å². The van der Waals surface area contributed by atoms with E-state index in [1.807, 2.05) is 0 Å². The first-order valence-corrected chi connectivity index (χ1v) is 3.47. The molecule has 0 radical (unpaired) electrons. The van der Waals surface area contributed by atoms with Gasteiger partial charge < -0.3 is 4.74 Å². The molecule has 12 heavy (non-hydrogen) atoms. The smallest absolute Gasteiger partial charge is 0.302 e. The summed E-state index contributed by atoms with van der Waals surface area (Å²) in [6.07, 6.45) is 0. The molecule has 1 rings (SSSR count). The van der Waals surface area contributed by atoms with Gasteiger partial charge in [-0.3, -0.25) is 14.4 Å². The van der Waals surface area contributed by atoms with Gasteiger partial charge in [0.25, 0.3) is 0 Å². The molecule has 1 aromatic rings. The Bertz CT molecular complexity index is 282. The Hall–Kier alpha value is -1.45. The average molecular weight is 170 g/mol. The van der Waals surface area contributed by atoms with E-state index in [1.54, 1.807) is 6.92 Å². The van der Waals surface area contributed by atoms with Gasteiger partial charge in [0.1, 0.15) is 0 Å². The fourth-order valence-electron chi connectivity index (χ4n) is 0.423. The molecule has 0 aliphatic rings. The molecule has 0 saturated carbocycles. The van der Waals surface area contributed by atoms with E-state index in [4.69, 9.17) is 0 Å². The maximum absolute atomic E-state index is 9.82. The SMILES string of the molecule is CCOC(C)=O.O=c1ccc1=O. The molecule has 4 heteroatoms. The van der Waals surface area contributed by atoms with Crippen LogP contribution >= 0.6 is 0 Å². The van der Waals surface area contributed by atoms with Crippen LogP contribution in [0.15, 0.2) is 21.7 Å². The predicted molar refractivity (Wildman–Crippen MR) is 43.7 cm³/mol. The second-order valence-electron chi connectivity index (χ2n) is 1.99. The summed E-state index contributed by atoms with van der Waals surface area (Å²) in [5.41, 5.74) is -0.759. The lowest BCUT2D eigenvalue weighted by Crippen LogP contribution is -2.26. The minimum absolute atomic E-state index is 0.211. The Morgan fingerprint density at radius 2 is 1.75 bits per heavy atom. The van der Waals surface area contributed by atoms with Crippen molar-refractivity contribution in [2.45, 2.75) is 13.8 Å². The Kier molecular flexibility index (Phi) is 4.60. The van der Waals surface area contributed by atoms with Crippen LogP contribution in [0.25, 0.3) is 0 Å². The largest absolute Gasteiger partial charge is 0.466 e. The first kappa shape index (κ1) is 10.6. The van der Waals surface area contributed by atoms with Crippen molar-refractivity contribution < 1.29 is 9.53 Å². The van der Waals surface area contributed by atoms with Crippen molar-refractivity contribution in [3.8, 4) is 0 Å². The molecule has 0 heterocycles. The summed E-state index contributed by atoms with van der Waals surface area (Å²) in [4.78, 5) is 29.4. The molecule has 1 aromatic carbocycles. The second kappa shape index (κ2) is 5.23. The topological polar surface area (TPSA) is 60.4 Å². The maximum Gasteiger partial charge on any atom is 0.302 e. The normalized spacial score (nSPS) is 8.50. The fraction of sp³-hybridized carbons (Fsp3) is 0.375. The first-order valence-electron chi connectivity index (χ1n) is 3.47. The van der Waals surface area contributed by atoms with Crippen LogP contribution in [0.4, 0.5) is 0 Å². The highest BCUT2D eigenvalue weighted by Crippen LogP contribution is 1.69. The van der Waals surface area contributed by atoms with Gasteiger partial charge in [-0.15, -0.1) is 0 Å². The van der Waals surface area contributed by atoms with Gasteiger partial charge >= 0.3 is 5.97 Å². The highest BCUT2D eigenvalue weighted by molar-refractivity contribution is 5.65. The minimum atomic E-state index is -0.380. The van der Waals surface area contributed by atoms with Crippen LogP contribution < -0.4 is 10.9 Å². The summed E-state index contributed by atoms with van der Waals surface area (Å²) < 4.78 is 4.40. The van der Waals surface area contributed by atoms with E-state index in [9.17, 15) is 14.4 Å². The molecule has 0 fully saturated rings. The molecular formula is C8H10O4. The number of ether oxygens (including phenoxy) is 1. The lowest BCUT2D eigenvalue weighted by Gasteiger charge is -1.89. The number of hydrogen-bond donors (Lipinski definition) is 0. The third-order valence-corrected chi connectivity index (χ3v) is 0.977. The van der Waals surface area contributed by atoms with Crippen molar-refractivity contribution in [3.05, 3.63) is 32.6 Å². The number of hydrogen-bond acceptors (Lipinski definition) is 4. The molecule has 0 spiro atoms. The molecular weight excluding hydrogens is 160 g/mol. The zero-order valence-electron chi connectivity index (χ0n) is 6.99. The highest BCUT2D eigenvalue weighted by Gasteiger charge is 1.89. The van der Waals surface area contributed by atoms with E-state index in [2.05, 4.69) is 4.74 Å². The Labute approximate surface area is 69.5 Å². The molecule has 0 amide bonds. The molecule has 0 N–H and O–H groups in total. The lowest BCUT2D eigenvalue weighted by atomic mass is 10.3. The Balaban J connectivity index is 0.000000202. The van der Waals surface area contributed by atoms with E-state index >= 15 is 0 Å². The van der Waals surface area contributed by atoms with Gasteiger partial charge in [-0.1, -0.05) is 0 Å². The summed E-state index contributed by atoms with van der Waals surface area (Å²) in [6.45, 7) is 3.65. The van der Waals surface area contributed by atoms with Crippen LogP contribution in [-0.4, -0.2) is 12.6 Å². The number of esters is 1. The minimum Gasteiger partial charge on any atom is -0.466 e. The van der Waals surface area contributed by atoms with E-state index in [-0.39, 0.29) is 16.8 Å². The van der Waals surface area contributed by atoms with Crippen LogP contribution in [0, 0.1) is 0 Å². The van der Waals surface area contributed by atoms with E-state index in [0.29, 0.717) is 6.61 Å². The third kappa shape index (κ3) is 4.38. The van der Waals surface area contributed by atoms with Crippen LogP contribution in [0.3, 0.4) is 0 Å². The highest BCUT2D eigenvalue weighted by atomic mass is 16.5. The molecule has 0 bridgehead atoms. The van der Waals surface area contributed by atoms with E-state index in [0.717, 1.165) is 0 Å². The molecule has 0 aromatic heterocycles. The monoisotopic (exact) mass is 170 g/mol. The van der Waals surface area contributed by atoms with Gasteiger partial charge in [-0.2, -0.15) is 0 Å². The van der Waals surface area contributed by atoms with Crippen molar-refractivity contribution in [2.75, 3.05) is 6.61 Å². The van der Waals surface area contributed by atoms with Gasteiger partial charge in [0, 0.05) is 6.92 Å². The summed E-state index contributed by atoms with van der Waals surface area (Å²) in [5.74, 6) is -0.211. The quantitative estimate of drug-likeness (QED) is 0.434. The molecule has 0 unspecified atom stereocenters. The zero-order chi connectivity index (χ0) is 9.56. The number of carbonyl (C=O) groups is 1. The summed E-state index contributed by atoms with van der Waals surface area (Å²) in [7, 11) is 0. The predicted octanol–water partition coefficient (Wildman–Crippen LogP) is -0.148. The van der Waals surface area contributed by atoms with Gasteiger partial charge in [-0.05, 0) is 19.1 Å². The van der Waals surface area contributed by atoms with Gasteiger partial charge in [0.05, 0.1) is 6.61 Å². The van der Waals surface area contributed by atoms with Crippen molar-refractivity contribution in [1.82, 2.24) is 0 Å². The van der Waals surface area contributed by atoms with E-state index < -0.39 is 0 Å².